The molecule has 0 atom stereocenters. The first-order valence-corrected chi connectivity index (χ1v) is 4.93. The monoisotopic (exact) mass is 201 g/mol. The number of nitrogen functional groups attached to an aromatic ring is 1. The lowest BCUT2D eigenvalue weighted by molar-refractivity contribution is 0.780. The number of nitrogens with zero attached hydrogens (tertiary/aromatic N) is 1. The maximum absolute atomic E-state index is 12.0. The summed E-state index contributed by atoms with van der Waals surface area (Å²) in [5.41, 5.74) is 6.35. The van der Waals surface area contributed by atoms with Gasteiger partial charge in [0.25, 0.3) is 5.56 Å². The summed E-state index contributed by atoms with van der Waals surface area (Å²) in [5, 5.41) is 4.82. The molecule has 4 heteroatoms. The Morgan fingerprint density at radius 3 is 3.07 bits per heavy atom. The molecule has 0 spiro atoms. The molecule has 1 aromatic heterocycles. The lowest BCUT2D eigenvalue weighted by Gasteiger charge is -2.05. The smallest absolute Gasteiger partial charge is 0.260 e. The van der Waals surface area contributed by atoms with Gasteiger partial charge in [0.15, 0.2) is 0 Å². The zero-order valence-corrected chi connectivity index (χ0v) is 8.16. The van der Waals surface area contributed by atoms with Gasteiger partial charge in [0.05, 0.1) is 0 Å². The fraction of sp³-hybridized carbons (Fsp3) is 0.182. The van der Waals surface area contributed by atoms with Crippen molar-refractivity contribution in [1.82, 2.24) is 4.57 Å². The second-order valence-corrected chi connectivity index (χ2v) is 3.76. The number of hydrogen-bond donors (Lipinski definition) is 2. The van der Waals surface area contributed by atoms with Crippen molar-refractivity contribution in [3.8, 4) is 0 Å². The molecule has 0 bridgehead atoms. The Morgan fingerprint density at radius 2 is 2.20 bits per heavy atom. The minimum Gasteiger partial charge on any atom is -0.399 e. The van der Waals surface area contributed by atoms with Gasteiger partial charge in [0.2, 0.25) is 0 Å². The highest BCUT2D eigenvalue weighted by Gasteiger charge is 2.13. The van der Waals surface area contributed by atoms with Crippen LogP contribution < -0.4 is 16.6 Å². The van der Waals surface area contributed by atoms with Crippen molar-refractivity contribution in [3.63, 3.8) is 0 Å². The fourth-order valence-electron chi connectivity index (χ4n) is 2.03. The number of nitrogens with one attached hydrogen (secondary N) is 1. The standard InChI is InChI=1S/C11H11N3O/c12-8-2-1-7-5-10-13-3-4-14(10)11(15)9(7)6-8/h1-2,5-6,13H,3-4,12H2. The summed E-state index contributed by atoms with van der Waals surface area (Å²) >= 11 is 0. The Balaban J connectivity index is 2.47. The van der Waals surface area contributed by atoms with E-state index in [4.69, 9.17) is 5.73 Å². The first-order valence-electron chi connectivity index (χ1n) is 4.93. The van der Waals surface area contributed by atoms with Crippen LogP contribution in [0.15, 0.2) is 29.1 Å². The van der Waals surface area contributed by atoms with Crippen molar-refractivity contribution >= 4 is 22.3 Å². The van der Waals surface area contributed by atoms with Crippen LogP contribution in [0.1, 0.15) is 0 Å². The van der Waals surface area contributed by atoms with E-state index >= 15 is 0 Å². The van der Waals surface area contributed by atoms with Gasteiger partial charge in [0.1, 0.15) is 5.82 Å². The molecule has 1 aromatic carbocycles. The van der Waals surface area contributed by atoms with E-state index in [2.05, 4.69) is 5.32 Å². The summed E-state index contributed by atoms with van der Waals surface area (Å²) in [7, 11) is 0. The van der Waals surface area contributed by atoms with Crippen LogP contribution in [0.3, 0.4) is 0 Å². The Kier molecular flexibility index (Phi) is 1.54. The molecule has 3 N–H and O–H groups in total. The van der Waals surface area contributed by atoms with Gasteiger partial charge in [-0.3, -0.25) is 9.36 Å². The van der Waals surface area contributed by atoms with Crippen LogP contribution in [0, 0.1) is 0 Å². The molecule has 0 saturated carbocycles. The molecule has 0 aliphatic carbocycles. The van der Waals surface area contributed by atoms with E-state index in [1.165, 1.54) is 0 Å². The van der Waals surface area contributed by atoms with E-state index in [0.29, 0.717) is 11.1 Å². The van der Waals surface area contributed by atoms with Crippen molar-refractivity contribution in [1.29, 1.82) is 0 Å². The summed E-state index contributed by atoms with van der Waals surface area (Å²) in [6.45, 7) is 1.56. The lowest BCUT2D eigenvalue weighted by Crippen LogP contribution is -2.17. The quantitative estimate of drug-likeness (QED) is 0.625. The summed E-state index contributed by atoms with van der Waals surface area (Å²) < 4.78 is 1.75. The minimum absolute atomic E-state index is 0.0415. The van der Waals surface area contributed by atoms with Crippen molar-refractivity contribution in [3.05, 3.63) is 34.6 Å². The molecular formula is C11H11N3O. The van der Waals surface area contributed by atoms with Crippen LogP contribution in [0.2, 0.25) is 0 Å². The second-order valence-electron chi connectivity index (χ2n) is 3.76. The number of nitrogens with two attached hydrogens (primary N) is 1. The van der Waals surface area contributed by atoms with Crippen LogP contribution in [-0.2, 0) is 6.54 Å². The van der Waals surface area contributed by atoms with Gasteiger partial charge < -0.3 is 11.1 Å². The SMILES string of the molecule is Nc1ccc2cc3n(c(=O)c2c1)CCN3. The van der Waals surface area contributed by atoms with Gasteiger partial charge in [-0.25, -0.2) is 0 Å². The third-order valence-corrected chi connectivity index (χ3v) is 2.78. The highest BCUT2D eigenvalue weighted by molar-refractivity contribution is 5.86. The average Bonchev–Trinajstić information content (AvgIpc) is 2.68. The van der Waals surface area contributed by atoms with E-state index in [1.807, 2.05) is 18.2 Å². The summed E-state index contributed by atoms with van der Waals surface area (Å²) in [6.07, 6.45) is 0. The Bertz CT molecular complexity index is 601. The van der Waals surface area contributed by atoms with Crippen molar-refractivity contribution in [2.24, 2.45) is 0 Å². The minimum atomic E-state index is 0.0415. The molecular weight excluding hydrogens is 190 g/mol. The van der Waals surface area contributed by atoms with Gasteiger partial charge >= 0.3 is 0 Å². The van der Waals surface area contributed by atoms with E-state index in [1.54, 1.807) is 10.6 Å². The van der Waals surface area contributed by atoms with Gasteiger partial charge in [0, 0.05) is 24.2 Å². The summed E-state index contributed by atoms with van der Waals surface area (Å²) in [6, 6.07) is 7.42. The molecule has 0 amide bonds. The third kappa shape index (κ3) is 1.11. The summed E-state index contributed by atoms with van der Waals surface area (Å²) in [5.74, 6) is 0.900. The Hall–Kier alpha value is -1.97. The molecule has 1 aliphatic rings. The normalized spacial score (nSPS) is 13.9. The van der Waals surface area contributed by atoms with E-state index in [0.717, 1.165) is 24.3 Å². The molecule has 15 heavy (non-hydrogen) atoms. The first-order chi connectivity index (χ1) is 7.25. The fourth-order valence-corrected chi connectivity index (χ4v) is 2.03. The zero-order valence-electron chi connectivity index (χ0n) is 8.16. The highest BCUT2D eigenvalue weighted by atomic mass is 16.1. The van der Waals surface area contributed by atoms with E-state index in [9.17, 15) is 4.79 Å². The van der Waals surface area contributed by atoms with Crippen molar-refractivity contribution < 1.29 is 0 Å². The number of pyridine rings is 1. The number of anilines is 2. The highest BCUT2D eigenvalue weighted by Crippen LogP contribution is 2.20. The molecule has 76 valence electrons. The van der Waals surface area contributed by atoms with Crippen molar-refractivity contribution in [2.45, 2.75) is 6.54 Å². The van der Waals surface area contributed by atoms with E-state index < -0.39 is 0 Å². The molecule has 2 heterocycles. The van der Waals surface area contributed by atoms with Crippen LogP contribution in [0.5, 0.6) is 0 Å². The van der Waals surface area contributed by atoms with Gasteiger partial charge in [-0.1, -0.05) is 6.07 Å². The molecule has 0 radical (unpaired) electrons. The molecule has 2 aromatic rings. The molecule has 4 nitrogen and oxygen atoms in total. The predicted octanol–water partition coefficient (Wildman–Crippen LogP) is 1.01. The van der Waals surface area contributed by atoms with Gasteiger partial charge in [-0.15, -0.1) is 0 Å². The Morgan fingerprint density at radius 1 is 1.33 bits per heavy atom. The number of fused-ring (bicyclic) bond motifs is 2. The second kappa shape index (κ2) is 2.76. The van der Waals surface area contributed by atoms with Crippen molar-refractivity contribution in [2.75, 3.05) is 17.6 Å². The first kappa shape index (κ1) is 8.35. The van der Waals surface area contributed by atoms with Crippen LogP contribution in [0.25, 0.3) is 10.8 Å². The van der Waals surface area contributed by atoms with E-state index in [-0.39, 0.29) is 5.56 Å². The Labute approximate surface area is 86.3 Å². The largest absolute Gasteiger partial charge is 0.399 e. The molecule has 3 rings (SSSR count). The number of aromatic nitrogens is 1. The number of rotatable bonds is 0. The molecule has 0 unspecified atom stereocenters. The van der Waals surface area contributed by atoms with Crippen LogP contribution in [-0.4, -0.2) is 11.1 Å². The topological polar surface area (TPSA) is 60.0 Å². The molecule has 0 saturated heterocycles. The predicted molar refractivity (Wildman–Crippen MR) is 61.1 cm³/mol. The lowest BCUT2D eigenvalue weighted by atomic mass is 10.1. The zero-order chi connectivity index (χ0) is 10.4. The average molecular weight is 201 g/mol. The van der Waals surface area contributed by atoms with Crippen LogP contribution in [0.4, 0.5) is 11.5 Å². The van der Waals surface area contributed by atoms with Crippen LogP contribution >= 0.6 is 0 Å². The third-order valence-electron chi connectivity index (χ3n) is 2.78. The van der Waals surface area contributed by atoms with Gasteiger partial charge in [-0.05, 0) is 23.6 Å². The maximum Gasteiger partial charge on any atom is 0.260 e. The van der Waals surface area contributed by atoms with Gasteiger partial charge in [-0.2, -0.15) is 0 Å². The molecule has 0 fully saturated rings. The number of benzene rings is 1. The summed E-state index contributed by atoms with van der Waals surface area (Å²) in [4.78, 5) is 12.0. The molecule has 1 aliphatic heterocycles. The number of hydrogen-bond acceptors (Lipinski definition) is 3. The maximum atomic E-state index is 12.0.